The lowest BCUT2D eigenvalue weighted by Gasteiger charge is -2.41. The van der Waals surface area contributed by atoms with Crippen molar-refractivity contribution in [1.29, 1.82) is 0 Å². The van der Waals surface area contributed by atoms with Crippen molar-refractivity contribution in [3.05, 3.63) is 29.8 Å². The largest absolute Gasteiger partial charge is 0.490 e. The fourth-order valence-corrected chi connectivity index (χ4v) is 4.07. The van der Waals surface area contributed by atoms with E-state index in [1.165, 1.54) is 24.8 Å². The van der Waals surface area contributed by atoms with Crippen LogP contribution in [0.25, 0.3) is 0 Å². The second-order valence-corrected chi connectivity index (χ2v) is 8.09. The van der Waals surface area contributed by atoms with Crippen LogP contribution in [0.4, 0.5) is 0 Å². The summed E-state index contributed by atoms with van der Waals surface area (Å²) in [5.74, 6) is 2.49. The molecule has 1 saturated carbocycles. The van der Waals surface area contributed by atoms with Crippen molar-refractivity contribution in [2.75, 3.05) is 0 Å². The Bertz CT molecular complexity index is 466. The maximum atomic E-state index is 6.41. The monoisotopic (exact) mass is 287 g/mol. The molecule has 0 saturated heterocycles. The first-order valence-electron chi connectivity index (χ1n) is 8.43. The molecule has 4 atom stereocenters. The van der Waals surface area contributed by atoms with E-state index < -0.39 is 0 Å². The molecule has 2 aliphatic rings. The van der Waals surface area contributed by atoms with Crippen molar-refractivity contribution in [2.45, 2.75) is 65.0 Å². The van der Waals surface area contributed by atoms with Gasteiger partial charge in [0.05, 0.1) is 0 Å². The van der Waals surface area contributed by atoms with E-state index >= 15 is 0 Å². The maximum absolute atomic E-state index is 6.41. The van der Waals surface area contributed by atoms with Gasteiger partial charge in [-0.25, -0.2) is 0 Å². The van der Waals surface area contributed by atoms with E-state index in [0.29, 0.717) is 23.5 Å². The number of ether oxygens (including phenoxy) is 1. The van der Waals surface area contributed by atoms with Gasteiger partial charge in [-0.05, 0) is 54.6 Å². The van der Waals surface area contributed by atoms with Crippen LogP contribution in [0.5, 0.6) is 5.75 Å². The highest BCUT2D eigenvalue weighted by molar-refractivity contribution is 5.37. The maximum Gasteiger partial charge on any atom is 0.123 e. The van der Waals surface area contributed by atoms with Crippen molar-refractivity contribution in [3.8, 4) is 5.75 Å². The van der Waals surface area contributed by atoms with Gasteiger partial charge in [0.25, 0.3) is 0 Å². The minimum absolute atomic E-state index is 0.331. The fourth-order valence-electron chi connectivity index (χ4n) is 4.07. The van der Waals surface area contributed by atoms with Crippen LogP contribution in [0, 0.1) is 17.3 Å². The Morgan fingerprint density at radius 3 is 2.67 bits per heavy atom. The topological polar surface area (TPSA) is 35.2 Å². The first-order valence-corrected chi connectivity index (χ1v) is 8.43. The molecule has 2 N–H and O–H groups in total. The zero-order valence-electron chi connectivity index (χ0n) is 13.6. The van der Waals surface area contributed by atoms with Crippen LogP contribution in [0.15, 0.2) is 24.3 Å². The van der Waals surface area contributed by atoms with Crippen LogP contribution in [0.2, 0.25) is 0 Å². The lowest BCUT2D eigenvalue weighted by atomic mass is 9.66. The van der Waals surface area contributed by atoms with E-state index in [-0.39, 0.29) is 0 Å². The molecule has 2 heteroatoms. The predicted octanol–water partition coefficient (Wildman–Crippen LogP) is 4.17. The molecule has 4 unspecified atom stereocenters. The zero-order chi connectivity index (χ0) is 15.0. The smallest absolute Gasteiger partial charge is 0.123 e. The number of fused-ring (bicyclic) bond motifs is 1. The Kier molecular flexibility index (Phi) is 4.00. The summed E-state index contributed by atoms with van der Waals surface area (Å²) >= 11 is 0. The molecule has 0 bridgehead atoms. The highest BCUT2D eigenvalue weighted by atomic mass is 16.5. The summed E-state index contributed by atoms with van der Waals surface area (Å²) in [6.45, 7) is 7.11. The number of nitrogens with two attached hydrogens (primary N) is 1. The average Bonchev–Trinajstić information content (AvgIpc) is 2.82. The van der Waals surface area contributed by atoms with E-state index in [9.17, 15) is 0 Å². The Balaban J connectivity index is 1.62. The van der Waals surface area contributed by atoms with E-state index in [1.807, 2.05) is 0 Å². The SMILES string of the molecule is CC(C)(C)C1CCC(N)C(CC2Cc3ccccc3O2)C1. The molecule has 21 heavy (non-hydrogen) atoms. The van der Waals surface area contributed by atoms with Crippen LogP contribution in [-0.2, 0) is 6.42 Å². The molecule has 3 rings (SSSR count). The molecular weight excluding hydrogens is 258 g/mol. The second-order valence-electron chi connectivity index (χ2n) is 8.09. The van der Waals surface area contributed by atoms with Crippen molar-refractivity contribution in [1.82, 2.24) is 0 Å². The first-order chi connectivity index (χ1) is 9.93. The summed E-state index contributed by atoms with van der Waals surface area (Å²) in [4.78, 5) is 0. The normalized spacial score (nSPS) is 32.6. The minimum atomic E-state index is 0.331. The molecule has 1 aliphatic carbocycles. The van der Waals surface area contributed by atoms with E-state index in [1.54, 1.807) is 0 Å². The van der Waals surface area contributed by atoms with Gasteiger partial charge in [0.1, 0.15) is 11.9 Å². The Morgan fingerprint density at radius 2 is 1.95 bits per heavy atom. The highest BCUT2D eigenvalue weighted by Crippen LogP contribution is 2.42. The lowest BCUT2D eigenvalue weighted by molar-refractivity contribution is 0.0950. The quantitative estimate of drug-likeness (QED) is 0.886. The van der Waals surface area contributed by atoms with Gasteiger partial charge >= 0.3 is 0 Å². The minimum Gasteiger partial charge on any atom is -0.490 e. The average molecular weight is 287 g/mol. The molecule has 1 aliphatic heterocycles. The number of rotatable bonds is 2. The standard InChI is InChI=1S/C19H29NO/c1-19(2,3)15-8-9-17(20)14(10-15)12-16-11-13-6-4-5-7-18(13)21-16/h4-7,14-17H,8-12,20H2,1-3H3. The van der Waals surface area contributed by atoms with E-state index in [0.717, 1.165) is 24.5 Å². The number of benzene rings is 1. The lowest BCUT2D eigenvalue weighted by Crippen LogP contribution is -2.41. The summed E-state index contributed by atoms with van der Waals surface area (Å²) in [6.07, 6.45) is 6.22. The molecule has 1 heterocycles. The molecule has 1 aromatic rings. The molecule has 1 aromatic carbocycles. The van der Waals surface area contributed by atoms with Gasteiger partial charge in [-0.1, -0.05) is 39.0 Å². The Hall–Kier alpha value is -1.02. The number of hydrogen-bond acceptors (Lipinski definition) is 2. The third-order valence-corrected chi connectivity index (χ3v) is 5.55. The van der Waals surface area contributed by atoms with Gasteiger partial charge in [-0.3, -0.25) is 0 Å². The van der Waals surface area contributed by atoms with Gasteiger partial charge < -0.3 is 10.5 Å². The molecule has 0 spiro atoms. The summed E-state index contributed by atoms with van der Waals surface area (Å²) in [5.41, 5.74) is 8.17. The predicted molar refractivity (Wildman–Crippen MR) is 87.4 cm³/mol. The van der Waals surface area contributed by atoms with Gasteiger partial charge in [-0.15, -0.1) is 0 Å². The summed E-state index contributed by atoms with van der Waals surface area (Å²) < 4.78 is 6.12. The van der Waals surface area contributed by atoms with Crippen molar-refractivity contribution in [2.24, 2.45) is 23.0 Å². The molecule has 0 amide bonds. The summed E-state index contributed by atoms with van der Waals surface area (Å²) in [5, 5.41) is 0. The molecule has 0 radical (unpaired) electrons. The molecule has 0 aromatic heterocycles. The van der Waals surface area contributed by atoms with Crippen LogP contribution in [-0.4, -0.2) is 12.1 Å². The van der Waals surface area contributed by atoms with E-state index in [2.05, 4.69) is 45.0 Å². The van der Waals surface area contributed by atoms with Crippen LogP contribution < -0.4 is 10.5 Å². The Morgan fingerprint density at radius 1 is 1.19 bits per heavy atom. The number of hydrogen-bond donors (Lipinski definition) is 1. The highest BCUT2D eigenvalue weighted by Gasteiger charge is 2.36. The molecule has 1 fully saturated rings. The van der Waals surface area contributed by atoms with Gasteiger partial charge in [0.2, 0.25) is 0 Å². The summed E-state index contributed by atoms with van der Waals surface area (Å²) in [6, 6.07) is 8.80. The third kappa shape index (κ3) is 3.26. The third-order valence-electron chi connectivity index (χ3n) is 5.55. The van der Waals surface area contributed by atoms with Crippen LogP contribution in [0.1, 0.15) is 52.0 Å². The Labute approximate surface area is 129 Å². The zero-order valence-corrected chi connectivity index (χ0v) is 13.6. The van der Waals surface area contributed by atoms with Gasteiger partial charge in [0.15, 0.2) is 0 Å². The van der Waals surface area contributed by atoms with Crippen LogP contribution in [0.3, 0.4) is 0 Å². The summed E-state index contributed by atoms with van der Waals surface area (Å²) in [7, 11) is 0. The van der Waals surface area contributed by atoms with Gasteiger partial charge in [0, 0.05) is 12.5 Å². The molecule has 116 valence electrons. The van der Waals surface area contributed by atoms with Crippen LogP contribution >= 0.6 is 0 Å². The van der Waals surface area contributed by atoms with Crippen molar-refractivity contribution in [3.63, 3.8) is 0 Å². The first kappa shape index (κ1) is 14.9. The second kappa shape index (κ2) is 5.64. The van der Waals surface area contributed by atoms with Crippen molar-refractivity contribution < 1.29 is 4.74 Å². The number of para-hydroxylation sites is 1. The fraction of sp³-hybridized carbons (Fsp3) is 0.684. The molecular formula is C19H29NO. The van der Waals surface area contributed by atoms with E-state index in [4.69, 9.17) is 10.5 Å². The van der Waals surface area contributed by atoms with Crippen molar-refractivity contribution >= 4 is 0 Å². The molecule has 2 nitrogen and oxygen atoms in total. The van der Waals surface area contributed by atoms with Gasteiger partial charge in [-0.2, -0.15) is 0 Å².